The number of nitrogens with one attached hydrogen (secondary N) is 1. The highest BCUT2D eigenvalue weighted by Gasteiger charge is 2.12. The number of carbonyl (C=O) groups excluding carboxylic acids is 1. The molecule has 0 unspecified atom stereocenters. The second kappa shape index (κ2) is 6.69. The standard InChI is InChI=1S/C14H15FN2O4S/c1-22(19,20)7-6-14(18)16-9-10-8-13(17-21-10)11-4-2-3-5-12(11)15/h2-5,8H,6-7,9H2,1H3,(H,16,18). The van der Waals surface area contributed by atoms with Crippen molar-refractivity contribution < 1.29 is 22.1 Å². The Morgan fingerprint density at radius 1 is 1.36 bits per heavy atom. The molecule has 2 rings (SSSR count). The molecule has 0 saturated carbocycles. The Balaban J connectivity index is 1.93. The maximum atomic E-state index is 13.6. The summed E-state index contributed by atoms with van der Waals surface area (Å²) in [5.74, 6) is -0.685. The molecule has 8 heteroatoms. The molecule has 1 amide bonds. The molecular formula is C14H15FN2O4S. The summed E-state index contributed by atoms with van der Waals surface area (Å²) in [6.07, 6.45) is 0.949. The van der Waals surface area contributed by atoms with E-state index >= 15 is 0 Å². The smallest absolute Gasteiger partial charge is 0.221 e. The minimum absolute atomic E-state index is 0.0596. The summed E-state index contributed by atoms with van der Waals surface area (Å²) in [4.78, 5) is 11.5. The summed E-state index contributed by atoms with van der Waals surface area (Å²) in [7, 11) is -3.18. The lowest BCUT2D eigenvalue weighted by Gasteiger charge is -2.01. The van der Waals surface area contributed by atoms with E-state index in [9.17, 15) is 17.6 Å². The molecule has 0 aliphatic heterocycles. The van der Waals surface area contributed by atoms with E-state index in [1.165, 1.54) is 12.1 Å². The fraction of sp³-hybridized carbons (Fsp3) is 0.286. The van der Waals surface area contributed by atoms with Crippen molar-refractivity contribution in [3.63, 3.8) is 0 Å². The molecule has 0 saturated heterocycles. The van der Waals surface area contributed by atoms with Gasteiger partial charge in [-0.25, -0.2) is 12.8 Å². The molecule has 0 fully saturated rings. The first-order valence-electron chi connectivity index (χ1n) is 6.50. The van der Waals surface area contributed by atoms with Crippen LogP contribution in [0.1, 0.15) is 12.2 Å². The van der Waals surface area contributed by atoms with Crippen molar-refractivity contribution in [1.82, 2.24) is 10.5 Å². The van der Waals surface area contributed by atoms with Gasteiger partial charge >= 0.3 is 0 Å². The molecule has 0 aliphatic rings. The predicted molar refractivity (Wildman–Crippen MR) is 78.1 cm³/mol. The lowest BCUT2D eigenvalue weighted by atomic mass is 10.1. The third-order valence-electron chi connectivity index (χ3n) is 2.87. The molecule has 1 heterocycles. The fourth-order valence-corrected chi connectivity index (χ4v) is 2.30. The molecule has 2 aromatic rings. The lowest BCUT2D eigenvalue weighted by molar-refractivity contribution is -0.120. The van der Waals surface area contributed by atoms with Crippen LogP contribution in [-0.2, 0) is 21.2 Å². The second-order valence-corrected chi connectivity index (χ2v) is 7.07. The van der Waals surface area contributed by atoms with Gasteiger partial charge < -0.3 is 9.84 Å². The summed E-state index contributed by atoms with van der Waals surface area (Å²) in [6, 6.07) is 7.66. The Morgan fingerprint density at radius 2 is 2.09 bits per heavy atom. The van der Waals surface area contributed by atoms with Gasteiger partial charge in [-0.2, -0.15) is 0 Å². The maximum absolute atomic E-state index is 13.6. The SMILES string of the molecule is CS(=O)(=O)CCC(=O)NCc1cc(-c2ccccc2F)no1. The molecule has 1 aromatic heterocycles. The van der Waals surface area contributed by atoms with Gasteiger partial charge in [-0.15, -0.1) is 0 Å². The van der Waals surface area contributed by atoms with Crippen LogP contribution >= 0.6 is 0 Å². The quantitative estimate of drug-likeness (QED) is 0.869. The van der Waals surface area contributed by atoms with E-state index in [1.807, 2.05) is 0 Å². The summed E-state index contributed by atoms with van der Waals surface area (Å²) in [5.41, 5.74) is 0.638. The van der Waals surface area contributed by atoms with Crippen molar-refractivity contribution in [3.8, 4) is 11.3 Å². The minimum Gasteiger partial charge on any atom is -0.359 e. The van der Waals surface area contributed by atoms with Crippen LogP contribution in [0.5, 0.6) is 0 Å². The normalized spacial score (nSPS) is 11.4. The van der Waals surface area contributed by atoms with Crippen LogP contribution in [0.2, 0.25) is 0 Å². The molecule has 1 aromatic carbocycles. The van der Waals surface area contributed by atoms with E-state index in [2.05, 4.69) is 10.5 Å². The van der Waals surface area contributed by atoms with E-state index in [0.29, 0.717) is 17.0 Å². The van der Waals surface area contributed by atoms with E-state index in [1.54, 1.807) is 18.2 Å². The Hall–Kier alpha value is -2.22. The Morgan fingerprint density at radius 3 is 2.77 bits per heavy atom. The average Bonchev–Trinajstić information content (AvgIpc) is 2.91. The molecule has 0 atom stereocenters. The van der Waals surface area contributed by atoms with Crippen molar-refractivity contribution in [2.24, 2.45) is 0 Å². The monoisotopic (exact) mass is 326 g/mol. The first-order chi connectivity index (χ1) is 10.3. The van der Waals surface area contributed by atoms with Gasteiger partial charge in [0.1, 0.15) is 21.3 Å². The zero-order valence-corrected chi connectivity index (χ0v) is 12.7. The molecule has 0 bridgehead atoms. The van der Waals surface area contributed by atoms with Gasteiger partial charge in [0.25, 0.3) is 0 Å². The maximum Gasteiger partial charge on any atom is 0.221 e. The number of amides is 1. The van der Waals surface area contributed by atoms with Crippen LogP contribution in [0, 0.1) is 5.82 Å². The van der Waals surface area contributed by atoms with Crippen LogP contribution in [0.15, 0.2) is 34.9 Å². The van der Waals surface area contributed by atoms with E-state index in [0.717, 1.165) is 6.26 Å². The number of aromatic nitrogens is 1. The lowest BCUT2D eigenvalue weighted by Crippen LogP contribution is -2.24. The number of benzene rings is 1. The topological polar surface area (TPSA) is 89.3 Å². The molecule has 0 aliphatic carbocycles. The van der Waals surface area contributed by atoms with Gasteiger partial charge in [0, 0.05) is 24.3 Å². The van der Waals surface area contributed by atoms with Gasteiger partial charge in [0.05, 0.1) is 12.3 Å². The van der Waals surface area contributed by atoms with Crippen molar-refractivity contribution in [2.45, 2.75) is 13.0 Å². The first kappa shape index (κ1) is 16.2. The number of hydrogen-bond donors (Lipinski definition) is 1. The molecule has 22 heavy (non-hydrogen) atoms. The molecular weight excluding hydrogens is 311 g/mol. The Kier molecular flexibility index (Phi) is 4.92. The number of sulfone groups is 1. The predicted octanol–water partition coefficient (Wildman–Crippen LogP) is 1.53. The first-order valence-corrected chi connectivity index (χ1v) is 8.56. The van der Waals surface area contributed by atoms with Gasteiger partial charge in [-0.3, -0.25) is 4.79 Å². The van der Waals surface area contributed by atoms with Crippen molar-refractivity contribution in [1.29, 1.82) is 0 Å². The summed E-state index contributed by atoms with van der Waals surface area (Å²) < 4.78 is 40.5. The molecule has 0 spiro atoms. The molecule has 118 valence electrons. The van der Waals surface area contributed by atoms with E-state index in [4.69, 9.17) is 4.52 Å². The Bertz CT molecular complexity index is 771. The van der Waals surface area contributed by atoms with Crippen LogP contribution in [0.3, 0.4) is 0 Å². The van der Waals surface area contributed by atoms with E-state index < -0.39 is 21.6 Å². The van der Waals surface area contributed by atoms with Crippen molar-refractivity contribution in [2.75, 3.05) is 12.0 Å². The number of halogens is 1. The Labute approximate surface area is 127 Å². The van der Waals surface area contributed by atoms with Gasteiger partial charge in [0.15, 0.2) is 5.76 Å². The largest absolute Gasteiger partial charge is 0.359 e. The number of carbonyl (C=O) groups is 1. The highest BCUT2D eigenvalue weighted by Crippen LogP contribution is 2.21. The number of rotatable bonds is 6. The second-order valence-electron chi connectivity index (χ2n) is 4.81. The van der Waals surface area contributed by atoms with Crippen LogP contribution in [0.25, 0.3) is 11.3 Å². The molecule has 0 radical (unpaired) electrons. The number of hydrogen-bond acceptors (Lipinski definition) is 5. The van der Waals surface area contributed by atoms with Gasteiger partial charge in [0.2, 0.25) is 5.91 Å². The molecule has 1 N–H and O–H groups in total. The van der Waals surface area contributed by atoms with E-state index in [-0.39, 0.29) is 18.7 Å². The van der Waals surface area contributed by atoms with Gasteiger partial charge in [-0.05, 0) is 12.1 Å². The van der Waals surface area contributed by atoms with Crippen molar-refractivity contribution >= 4 is 15.7 Å². The average molecular weight is 326 g/mol. The van der Waals surface area contributed by atoms with Crippen LogP contribution in [0.4, 0.5) is 4.39 Å². The summed E-state index contributed by atoms with van der Waals surface area (Å²) in [6.45, 7) is 0.0596. The van der Waals surface area contributed by atoms with Gasteiger partial charge in [-0.1, -0.05) is 17.3 Å². The van der Waals surface area contributed by atoms with Crippen molar-refractivity contribution in [3.05, 3.63) is 41.9 Å². The molecule has 6 nitrogen and oxygen atoms in total. The highest BCUT2D eigenvalue weighted by molar-refractivity contribution is 7.90. The minimum atomic E-state index is -3.18. The zero-order chi connectivity index (χ0) is 16.2. The third kappa shape index (κ3) is 4.66. The van der Waals surface area contributed by atoms with Crippen LogP contribution < -0.4 is 5.32 Å². The summed E-state index contributed by atoms with van der Waals surface area (Å²) >= 11 is 0. The third-order valence-corrected chi connectivity index (χ3v) is 3.81. The zero-order valence-electron chi connectivity index (χ0n) is 11.9. The fourth-order valence-electron chi connectivity index (χ4n) is 1.74. The number of nitrogens with zero attached hydrogens (tertiary/aromatic N) is 1. The summed E-state index contributed by atoms with van der Waals surface area (Å²) in [5, 5.41) is 6.27. The highest BCUT2D eigenvalue weighted by atomic mass is 32.2. The van der Waals surface area contributed by atoms with Crippen LogP contribution in [-0.4, -0.2) is 31.5 Å².